The van der Waals surface area contributed by atoms with Crippen LogP contribution < -0.4 is 0 Å². The lowest BCUT2D eigenvalue weighted by Gasteiger charge is -2.66. The molecule has 6 aliphatic carbocycles. The minimum Gasteiger partial charge on any atom is -0.389 e. The van der Waals surface area contributed by atoms with E-state index in [2.05, 4.69) is 13.8 Å². The van der Waals surface area contributed by atoms with Gasteiger partial charge in [-0.2, -0.15) is 0 Å². The smallest absolute Gasteiger partial charge is 0.0716 e. The fourth-order valence-corrected chi connectivity index (χ4v) is 8.79. The third-order valence-corrected chi connectivity index (χ3v) is 8.09. The Balaban J connectivity index is 1.46. The first kappa shape index (κ1) is 12.5. The molecular formula is C19H30O. The van der Waals surface area contributed by atoms with Crippen LogP contribution in [-0.2, 0) is 0 Å². The van der Waals surface area contributed by atoms with Crippen molar-refractivity contribution in [2.45, 2.75) is 83.7 Å². The van der Waals surface area contributed by atoms with Crippen molar-refractivity contribution in [3.63, 3.8) is 0 Å². The van der Waals surface area contributed by atoms with Gasteiger partial charge in [0.2, 0.25) is 0 Å². The summed E-state index contributed by atoms with van der Waals surface area (Å²) in [5.41, 5.74) is 1.50. The van der Waals surface area contributed by atoms with Crippen LogP contribution >= 0.6 is 0 Å². The molecule has 0 heterocycles. The fraction of sp³-hybridized carbons (Fsp3) is 1.00. The molecule has 0 aromatic rings. The SMILES string of the molecule is CC12CC3CC(C)(C1)CC(CC1(O)C4CCCC41)(C3)C2. The zero-order valence-corrected chi connectivity index (χ0v) is 13.3. The average Bonchev–Trinajstić information content (AvgIpc) is 2.67. The molecule has 112 valence electrons. The molecule has 1 heteroatoms. The summed E-state index contributed by atoms with van der Waals surface area (Å²) in [7, 11) is 0. The molecule has 1 N–H and O–H groups in total. The Bertz CT molecular complexity index is 438. The molecule has 0 amide bonds. The third kappa shape index (κ3) is 1.49. The van der Waals surface area contributed by atoms with Crippen LogP contribution in [0.3, 0.4) is 0 Å². The predicted octanol–water partition coefficient (Wildman–Crippen LogP) is 4.53. The minimum atomic E-state index is -0.226. The molecule has 6 fully saturated rings. The van der Waals surface area contributed by atoms with E-state index in [1.54, 1.807) is 0 Å². The van der Waals surface area contributed by atoms with Gasteiger partial charge in [-0.3, -0.25) is 0 Å². The second-order valence-electron chi connectivity index (χ2n) is 10.4. The van der Waals surface area contributed by atoms with E-state index < -0.39 is 0 Å². The zero-order chi connectivity index (χ0) is 13.8. The van der Waals surface area contributed by atoms with Gasteiger partial charge in [-0.15, -0.1) is 0 Å². The van der Waals surface area contributed by atoms with E-state index in [1.165, 1.54) is 57.8 Å². The van der Waals surface area contributed by atoms with Crippen molar-refractivity contribution in [3.05, 3.63) is 0 Å². The highest BCUT2D eigenvalue weighted by atomic mass is 16.3. The summed E-state index contributed by atoms with van der Waals surface area (Å²) in [5, 5.41) is 11.1. The van der Waals surface area contributed by atoms with Crippen molar-refractivity contribution in [3.8, 4) is 0 Å². The van der Waals surface area contributed by atoms with E-state index in [-0.39, 0.29) is 5.60 Å². The highest BCUT2D eigenvalue weighted by Crippen LogP contribution is 2.74. The molecule has 1 nitrogen and oxygen atoms in total. The molecule has 4 bridgehead atoms. The fourth-order valence-electron chi connectivity index (χ4n) is 8.79. The predicted molar refractivity (Wildman–Crippen MR) is 80.2 cm³/mol. The van der Waals surface area contributed by atoms with E-state index in [1.807, 2.05) is 0 Å². The molecular weight excluding hydrogens is 244 g/mol. The van der Waals surface area contributed by atoms with Crippen LogP contribution in [0.25, 0.3) is 0 Å². The van der Waals surface area contributed by atoms with Gasteiger partial charge in [-0.1, -0.05) is 20.3 Å². The van der Waals surface area contributed by atoms with Gasteiger partial charge in [0.25, 0.3) is 0 Å². The topological polar surface area (TPSA) is 20.2 Å². The minimum absolute atomic E-state index is 0.226. The van der Waals surface area contributed by atoms with Crippen molar-refractivity contribution in [2.24, 2.45) is 34.0 Å². The van der Waals surface area contributed by atoms with Gasteiger partial charge in [0, 0.05) is 0 Å². The molecule has 20 heavy (non-hydrogen) atoms. The molecule has 6 rings (SSSR count). The molecule has 4 unspecified atom stereocenters. The summed E-state index contributed by atoms with van der Waals surface area (Å²) >= 11 is 0. The Morgan fingerprint density at radius 2 is 1.50 bits per heavy atom. The standard InChI is InChI=1S/C19H30O/c1-16-6-13-7-17(2,9-16)11-18(8-13,10-16)12-19(20)14-4-3-5-15(14)19/h13-15,20H,3-12H2,1-2H3. The second-order valence-corrected chi connectivity index (χ2v) is 10.4. The summed E-state index contributed by atoms with van der Waals surface area (Å²) in [6, 6.07) is 0. The van der Waals surface area contributed by atoms with Gasteiger partial charge in [-0.05, 0) is 91.8 Å². The van der Waals surface area contributed by atoms with Crippen molar-refractivity contribution >= 4 is 0 Å². The van der Waals surface area contributed by atoms with Gasteiger partial charge < -0.3 is 5.11 Å². The molecule has 0 aromatic heterocycles. The Kier molecular flexibility index (Phi) is 2.07. The van der Waals surface area contributed by atoms with Crippen molar-refractivity contribution in [2.75, 3.05) is 0 Å². The lowest BCUT2D eigenvalue weighted by Crippen LogP contribution is -2.56. The van der Waals surface area contributed by atoms with E-state index in [4.69, 9.17) is 0 Å². The Labute approximate surface area is 123 Å². The zero-order valence-electron chi connectivity index (χ0n) is 13.3. The maximum atomic E-state index is 11.1. The largest absolute Gasteiger partial charge is 0.389 e. The third-order valence-electron chi connectivity index (χ3n) is 8.09. The highest BCUT2D eigenvalue weighted by molar-refractivity contribution is 5.20. The van der Waals surface area contributed by atoms with Crippen molar-refractivity contribution < 1.29 is 5.11 Å². The first-order valence-corrected chi connectivity index (χ1v) is 9.06. The highest BCUT2D eigenvalue weighted by Gasteiger charge is 2.69. The van der Waals surface area contributed by atoms with Crippen LogP contribution in [0, 0.1) is 34.0 Å². The van der Waals surface area contributed by atoms with E-state index >= 15 is 0 Å². The molecule has 0 aliphatic heterocycles. The molecule has 0 saturated heterocycles. The van der Waals surface area contributed by atoms with Crippen LogP contribution in [0.2, 0.25) is 0 Å². The molecule has 0 aromatic carbocycles. The Hall–Kier alpha value is -0.0400. The van der Waals surface area contributed by atoms with Crippen LogP contribution in [0.1, 0.15) is 78.1 Å². The molecule has 4 atom stereocenters. The Morgan fingerprint density at radius 1 is 0.900 bits per heavy atom. The maximum Gasteiger partial charge on any atom is 0.0716 e. The normalized spacial score (nSPS) is 66.5. The maximum absolute atomic E-state index is 11.1. The average molecular weight is 274 g/mol. The van der Waals surface area contributed by atoms with Crippen LogP contribution in [-0.4, -0.2) is 10.7 Å². The van der Waals surface area contributed by atoms with Crippen LogP contribution in [0.4, 0.5) is 0 Å². The van der Waals surface area contributed by atoms with E-state index in [9.17, 15) is 5.11 Å². The first-order chi connectivity index (χ1) is 9.34. The first-order valence-electron chi connectivity index (χ1n) is 9.06. The van der Waals surface area contributed by atoms with Gasteiger partial charge in [0.1, 0.15) is 0 Å². The second kappa shape index (κ2) is 3.31. The summed E-state index contributed by atoms with van der Waals surface area (Å²) in [4.78, 5) is 0. The number of fused-ring (bicyclic) bond motifs is 1. The summed E-state index contributed by atoms with van der Waals surface area (Å²) < 4.78 is 0. The molecule has 6 saturated carbocycles. The summed E-state index contributed by atoms with van der Waals surface area (Å²) in [6.45, 7) is 5.12. The van der Waals surface area contributed by atoms with Crippen LogP contribution in [0.15, 0.2) is 0 Å². The molecule has 0 spiro atoms. The van der Waals surface area contributed by atoms with Gasteiger partial charge in [0.15, 0.2) is 0 Å². The van der Waals surface area contributed by atoms with Crippen molar-refractivity contribution in [1.82, 2.24) is 0 Å². The van der Waals surface area contributed by atoms with E-state index in [0.717, 1.165) is 12.3 Å². The van der Waals surface area contributed by atoms with Gasteiger partial charge in [-0.25, -0.2) is 0 Å². The lowest BCUT2D eigenvalue weighted by molar-refractivity contribution is -0.161. The van der Waals surface area contributed by atoms with Crippen LogP contribution in [0.5, 0.6) is 0 Å². The summed E-state index contributed by atoms with van der Waals surface area (Å²) in [5.74, 6) is 2.36. The van der Waals surface area contributed by atoms with Crippen molar-refractivity contribution in [1.29, 1.82) is 0 Å². The van der Waals surface area contributed by atoms with E-state index in [0.29, 0.717) is 28.1 Å². The quantitative estimate of drug-likeness (QED) is 0.784. The lowest BCUT2D eigenvalue weighted by atomic mass is 9.39. The number of hydrogen-bond donors (Lipinski definition) is 1. The monoisotopic (exact) mass is 274 g/mol. The number of hydrogen-bond acceptors (Lipinski definition) is 1. The summed E-state index contributed by atoms with van der Waals surface area (Å²) in [6.07, 6.45) is 13.9. The van der Waals surface area contributed by atoms with Gasteiger partial charge in [0.05, 0.1) is 5.60 Å². The molecule has 6 aliphatic rings. The molecule has 0 radical (unpaired) electrons. The van der Waals surface area contributed by atoms with Gasteiger partial charge >= 0.3 is 0 Å². The Morgan fingerprint density at radius 3 is 2.05 bits per heavy atom. The number of rotatable bonds is 2. The number of aliphatic hydroxyl groups is 1.